The van der Waals surface area contributed by atoms with Gasteiger partial charge in [-0.2, -0.15) is 0 Å². The van der Waals surface area contributed by atoms with Crippen LogP contribution in [0.4, 0.5) is 0 Å². The number of hydrogen-bond acceptors (Lipinski definition) is 2. The summed E-state index contributed by atoms with van der Waals surface area (Å²) < 4.78 is 5.73. The average Bonchev–Trinajstić information content (AvgIpc) is 2.93. The van der Waals surface area contributed by atoms with Crippen molar-refractivity contribution >= 4 is 0 Å². The van der Waals surface area contributed by atoms with Crippen LogP contribution >= 0.6 is 0 Å². The van der Waals surface area contributed by atoms with Gasteiger partial charge in [-0.25, -0.2) is 0 Å². The molecule has 0 saturated heterocycles. The number of benzene rings is 1. The largest absolute Gasteiger partial charge is 0.465 e. The van der Waals surface area contributed by atoms with Crippen molar-refractivity contribution < 1.29 is 4.42 Å². The van der Waals surface area contributed by atoms with Crippen molar-refractivity contribution in [1.29, 1.82) is 0 Å². The van der Waals surface area contributed by atoms with Gasteiger partial charge in [-0.1, -0.05) is 37.3 Å². The predicted octanol–water partition coefficient (Wildman–Crippen LogP) is 4.34. The van der Waals surface area contributed by atoms with Crippen LogP contribution in [0.1, 0.15) is 44.3 Å². The molecule has 0 bridgehead atoms. The smallest absolute Gasteiger partial charge is 0.117 e. The summed E-state index contributed by atoms with van der Waals surface area (Å²) in [5, 5.41) is 3.59. The first-order chi connectivity index (χ1) is 9.59. The Balaban J connectivity index is 1.81. The van der Waals surface area contributed by atoms with E-state index in [1.807, 2.05) is 0 Å². The molecule has 0 saturated carbocycles. The highest BCUT2D eigenvalue weighted by Crippen LogP contribution is 2.15. The quantitative estimate of drug-likeness (QED) is 0.810. The standard InChI is InChI=1S/C18H25NO/c1-4-16-10-11-17(20-16)14-19-18(2,3)13-12-15-8-6-5-7-9-15/h5-11,19H,4,12-14H2,1-3H3. The van der Waals surface area contributed by atoms with Crippen molar-refractivity contribution in [1.82, 2.24) is 5.32 Å². The summed E-state index contributed by atoms with van der Waals surface area (Å²) in [7, 11) is 0. The maximum atomic E-state index is 5.73. The van der Waals surface area contributed by atoms with Gasteiger partial charge in [0.25, 0.3) is 0 Å². The van der Waals surface area contributed by atoms with Gasteiger partial charge in [0.05, 0.1) is 6.54 Å². The minimum Gasteiger partial charge on any atom is -0.465 e. The Hall–Kier alpha value is -1.54. The Morgan fingerprint density at radius 1 is 1.00 bits per heavy atom. The van der Waals surface area contributed by atoms with Gasteiger partial charge >= 0.3 is 0 Å². The molecule has 0 unspecified atom stereocenters. The van der Waals surface area contributed by atoms with Crippen LogP contribution in [0.2, 0.25) is 0 Å². The topological polar surface area (TPSA) is 25.2 Å². The molecule has 2 aromatic rings. The molecular weight excluding hydrogens is 246 g/mol. The maximum absolute atomic E-state index is 5.73. The second-order valence-electron chi connectivity index (χ2n) is 5.94. The molecule has 0 aliphatic carbocycles. The van der Waals surface area contributed by atoms with E-state index in [-0.39, 0.29) is 5.54 Å². The predicted molar refractivity (Wildman–Crippen MR) is 83.8 cm³/mol. The lowest BCUT2D eigenvalue weighted by atomic mass is 9.95. The van der Waals surface area contributed by atoms with Crippen molar-refractivity contribution in [2.75, 3.05) is 0 Å². The molecule has 2 nitrogen and oxygen atoms in total. The lowest BCUT2D eigenvalue weighted by Gasteiger charge is -2.26. The molecule has 2 heteroatoms. The fourth-order valence-electron chi connectivity index (χ4n) is 2.22. The summed E-state index contributed by atoms with van der Waals surface area (Å²) in [4.78, 5) is 0. The third-order valence-corrected chi connectivity index (χ3v) is 3.69. The molecule has 2 rings (SSSR count). The van der Waals surface area contributed by atoms with E-state index in [2.05, 4.69) is 68.6 Å². The second kappa shape index (κ2) is 6.76. The van der Waals surface area contributed by atoms with Crippen LogP contribution in [-0.4, -0.2) is 5.54 Å². The summed E-state index contributed by atoms with van der Waals surface area (Å²) in [6.07, 6.45) is 3.16. The van der Waals surface area contributed by atoms with E-state index in [1.165, 1.54) is 5.56 Å². The van der Waals surface area contributed by atoms with E-state index >= 15 is 0 Å². The average molecular weight is 271 g/mol. The van der Waals surface area contributed by atoms with Crippen LogP contribution in [-0.2, 0) is 19.4 Å². The molecule has 0 fully saturated rings. The van der Waals surface area contributed by atoms with E-state index in [0.717, 1.165) is 37.3 Å². The number of furan rings is 1. The van der Waals surface area contributed by atoms with E-state index < -0.39 is 0 Å². The number of hydrogen-bond donors (Lipinski definition) is 1. The molecule has 0 spiro atoms. The minimum atomic E-state index is 0.106. The molecule has 1 N–H and O–H groups in total. The summed E-state index contributed by atoms with van der Waals surface area (Å²) in [6, 6.07) is 14.8. The van der Waals surface area contributed by atoms with Crippen molar-refractivity contribution in [3.63, 3.8) is 0 Å². The maximum Gasteiger partial charge on any atom is 0.117 e. The highest BCUT2D eigenvalue weighted by atomic mass is 16.3. The van der Waals surface area contributed by atoms with Crippen molar-refractivity contribution in [2.45, 2.75) is 52.1 Å². The molecule has 0 atom stereocenters. The van der Waals surface area contributed by atoms with Gasteiger partial charge in [-0.05, 0) is 44.4 Å². The molecule has 20 heavy (non-hydrogen) atoms. The van der Waals surface area contributed by atoms with Gasteiger partial charge < -0.3 is 9.73 Å². The van der Waals surface area contributed by atoms with Crippen LogP contribution < -0.4 is 5.32 Å². The van der Waals surface area contributed by atoms with E-state index in [1.54, 1.807) is 0 Å². The van der Waals surface area contributed by atoms with Gasteiger partial charge in [-0.15, -0.1) is 0 Å². The van der Waals surface area contributed by atoms with Gasteiger partial charge in [0, 0.05) is 12.0 Å². The van der Waals surface area contributed by atoms with Crippen molar-refractivity contribution in [3.05, 3.63) is 59.5 Å². The second-order valence-corrected chi connectivity index (χ2v) is 5.94. The number of aryl methyl sites for hydroxylation is 2. The molecule has 0 amide bonds. The third-order valence-electron chi connectivity index (χ3n) is 3.69. The molecule has 1 aromatic heterocycles. The fraction of sp³-hybridized carbons (Fsp3) is 0.444. The summed E-state index contributed by atoms with van der Waals surface area (Å²) in [5.41, 5.74) is 1.50. The monoisotopic (exact) mass is 271 g/mol. The first kappa shape index (κ1) is 14.9. The van der Waals surface area contributed by atoms with Crippen molar-refractivity contribution in [2.24, 2.45) is 0 Å². The third kappa shape index (κ3) is 4.53. The lowest BCUT2D eigenvalue weighted by Crippen LogP contribution is -2.39. The Labute approximate surface area is 122 Å². The van der Waals surface area contributed by atoms with Crippen LogP contribution in [0, 0.1) is 0 Å². The van der Waals surface area contributed by atoms with Crippen LogP contribution in [0.3, 0.4) is 0 Å². The molecular formula is C18H25NO. The summed E-state index contributed by atoms with van der Waals surface area (Å²) >= 11 is 0. The SMILES string of the molecule is CCc1ccc(CNC(C)(C)CCc2ccccc2)o1. The van der Waals surface area contributed by atoms with Gasteiger partial charge in [0.1, 0.15) is 11.5 Å². The van der Waals surface area contributed by atoms with Gasteiger partial charge in [0.2, 0.25) is 0 Å². The zero-order valence-corrected chi connectivity index (χ0v) is 12.8. The van der Waals surface area contributed by atoms with Crippen LogP contribution in [0.5, 0.6) is 0 Å². The molecule has 108 valence electrons. The zero-order chi connectivity index (χ0) is 14.4. The molecule has 1 aromatic carbocycles. The highest BCUT2D eigenvalue weighted by molar-refractivity contribution is 5.15. The van der Waals surface area contributed by atoms with E-state index in [0.29, 0.717) is 0 Å². The van der Waals surface area contributed by atoms with Crippen molar-refractivity contribution in [3.8, 4) is 0 Å². The van der Waals surface area contributed by atoms with Crippen LogP contribution in [0.15, 0.2) is 46.9 Å². The summed E-state index contributed by atoms with van der Waals surface area (Å²) in [5.74, 6) is 2.08. The van der Waals surface area contributed by atoms with E-state index in [9.17, 15) is 0 Å². The van der Waals surface area contributed by atoms with Crippen LogP contribution in [0.25, 0.3) is 0 Å². The normalized spacial score (nSPS) is 11.8. The van der Waals surface area contributed by atoms with E-state index in [4.69, 9.17) is 4.42 Å². The molecule has 1 heterocycles. The number of rotatable bonds is 7. The Kier molecular flexibility index (Phi) is 5.02. The van der Waals surface area contributed by atoms with Gasteiger partial charge in [-0.3, -0.25) is 0 Å². The lowest BCUT2D eigenvalue weighted by molar-refractivity contribution is 0.337. The minimum absolute atomic E-state index is 0.106. The van der Waals surface area contributed by atoms with Gasteiger partial charge in [0.15, 0.2) is 0 Å². The Morgan fingerprint density at radius 3 is 2.35 bits per heavy atom. The molecule has 0 aliphatic heterocycles. The first-order valence-corrected chi connectivity index (χ1v) is 7.45. The first-order valence-electron chi connectivity index (χ1n) is 7.45. The zero-order valence-electron chi connectivity index (χ0n) is 12.8. The number of nitrogens with one attached hydrogen (secondary N) is 1. The molecule has 0 aliphatic rings. The summed E-state index contributed by atoms with van der Waals surface area (Å²) in [6.45, 7) is 7.40. The Bertz CT molecular complexity index is 513. The fourth-order valence-corrected chi connectivity index (χ4v) is 2.22. The highest BCUT2D eigenvalue weighted by Gasteiger charge is 2.17. The molecule has 0 radical (unpaired) electrons. The Morgan fingerprint density at radius 2 is 1.70 bits per heavy atom.